The molecule has 6 nitrogen and oxygen atoms in total. The second-order valence-corrected chi connectivity index (χ2v) is 7.76. The van der Waals surface area contributed by atoms with Gasteiger partial charge >= 0.3 is 0 Å². The van der Waals surface area contributed by atoms with Crippen molar-refractivity contribution in [2.45, 2.75) is 13.1 Å². The Morgan fingerprint density at radius 2 is 1.85 bits per heavy atom. The zero-order chi connectivity index (χ0) is 18.6. The van der Waals surface area contributed by atoms with Crippen LogP contribution in [-0.4, -0.2) is 31.9 Å². The normalized spacial score (nSPS) is 11.8. The Morgan fingerprint density at radius 3 is 2.58 bits per heavy atom. The lowest BCUT2D eigenvalue weighted by molar-refractivity contribution is 0.418. The maximum Gasteiger partial charge on any atom is 0.279 e. The second-order valence-electron chi connectivity index (χ2n) is 5.89. The van der Waals surface area contributed by atoms with Crippen LogP contribution < -0.4 is 9.46 Å². The molecule has 7 heteroatoms. The van der Waals surface area contributed by atoms with Crippen molar-refractivity contribution in [1.82, 2.24) is 14.0 Å². The van der Waals surface area contributed by atoms with Crippen LogP contribution in [0.4, 0.5) is 0 Å². The summed E-state index contributed by atoms with van der Waals surface area (Å²) in [4.78, 5) is 4.35. The number of hydrogen-bond acceptors (Lipinski definition) is 4. The molecular weight excluding hydrogens is 350 g/mol. The van der Waals surface area contributed by atoms with E-state index in [0.29, 0.717) is 5.75 Å². The van der Waals surface area contributed by atoms with Crippen LogP contribution in [0.1, 0.15) is 11.1 Å². The molecule has 1 heterocycles. The molecule has 0 aliphatic rings. The monoisotopic (exact) mass is 371 g/mol. The van der Waals surface area contributed by atoms with Gasteiger partial charge in [-0.25, -0.2) is 0 Å². The lowest BCUT2D eigenvalue weighted by atomic mass is 10.1. The van der Waals surface area contributed by atoms with Crippen LogP contribution >= 0.6 is 0 Å². The fourth-order valence-corrected chi connectivity index (χ4v) is 3.59. The maximum atomic E-state index is 12.5. The van der Waals surface area contributed by atoms with Crippen molar-refractivity contribution >= 4 is 21.1 Å². The molecule has 26 heavy (non-hydrogen) atoms. The van der Waals surface area contributed by atoms with Gasteiger partial charge in [-0.3, -0.25) is 4.98 Å². The summed E-state index contributed by atoms with van der Waals surface area (Å²) < 4.78 is 34.3. The number of nitrogens with one attached hydrogen (secondary N) is 1. The summed E-state index contributed by atoms with van der Waals surface area (Å²) in [6.45, 7) is 0.481. The Balaban J connectivity index is 1.79. The third kappa shape index (κ3) is 4.01. The molecule has 0 spiro atoms. The molecule has 2 aromatic carbocycles. The van der Waals surface area contributed by atoms with Crippen LogP contribution in [-0.2, 0) is 23.3 Å². The van der Waals surface area contributed by atoms with Gasteiger partial charge in [0.05, 0.1) is 7.11 Å². The summed E-state index contributed by atoms with van der Waals surface area (Å²) in [7, 11) is -0.464. The van der Waals surface area contributed by atoms with E-state index in [4.69, 9.17) is 4.74 Å². The van der Waals surface area contributed by atoms with Crippen molar-refractivity contribution in [2.24, 2.45) is 0 Å². The molecule has 0 unspecified atom stereocenters. The molecule has 0 amide bonds. The first-order valence-corrected chi connectivity index (χ1v) is 9.61. The predicted octanol–water partition coefficient (Wildman–Crippen LogP) is 2.71. The molecule has 136 valence electrons. The van der Waals surface area contributed by atoms with Gasteiger partial charge in [-0.2, -0.15) is 17.4 Å². The molecule has 0 aliphatic heterocycles. The topological polar surface area (TPSA) is 71.5 Å². The first-order valence-electron chi connectivity index (χ1n) is 8.17. The molecule has 0 radical (unpaired) electrons. The summed E-state index contributed by atoms with van der Waals surface area (Å²) in [5.74, 6) is 0.664. The van der Waals surface area contributed by atoms with Crippen LogP contribution in [0.25, 0.3) is 10.9 Å². The Labute approximate surface area is 153 Å². The van der Waals surface area contributed by atoms with Gasteiger partial charge in [0, 0.05) is 31.7 Å². The number of aromatic nitrogens is 1. The van der Waals surface area contributed by atoms with E-state index >= 15 is 0 Å². The van der Waals surface area contributed by atoms with E-state index in [1.807, 2.05) is 54.6 Å². The number of rotatable bonds is 7. The summed E-state index contributed by atoms with van der Waals surface area (Å²) >= 11 is 0. The minimum Gasteiger partial charge on any atom is -0.494 e. The zero-order valence-corrected chi connectivity index (χ0v) is 15.5. The number of fused-ring (bicyclic) bond motifs is 1. The molecule has 0 fully saturated rings. The molecule has 0 saturated carbocycles. The number of pyridine rings is 1. The third-order valence-electron chi connectivity index (χ3n) is 4.15. The first kappa shape index (κ1) is 18.3. The van der Waals surface area contributed by atoms with E-state index in [2.05, 4.69) is 9.71 Å². The standard InChI is InChI=1S/C19H21N3O3S/c1-22(26(23,24)21-13-15-7-4-3-5-8-15)14-16-10-11-18(25-2)19-17(16)9-6-12-20-19/h3-12,21H,13-14H2,1-2H3. The Kier molecular flexibility index (Phi) is 5.51. The Bertz CT molecular complexity index is 991. The van der Waals surface area contributed by atoms with E-state index in [0.717, 1.165) is 22.0 Å². The lowest BCUT2D eigenvalue weighted by Crippen LogP contribution is -2.37. The van der Waals surface area contributed by atoms with E-state index < -0.39 is 10.2 Å². The van der Waals surface area contributed by atoms with Crippen molar-refractivity contribution in [1.29, 1.82) is 0 Å². The predicted molar refractivity (Wildman–Crippen MR) is 102 cm³/mol. The van der Waals surface area contributed by atoms with Crippen molar-refractivity contribution in [3.05, 3.63) is 71.9 Å². The van der Waals surface area contributed by atoms with Crippen molar-refractivity contribution in [2.75, 3.05) is 14.2 Å². The zero-order valence-electron chi connectivity index (χ0n) is 14.7. The fraction of sp³-hybridized carbons (Fsp3) is 0.211. The smallest absolute Gasteiger partial charge is 0.279 e. The average molecular weight is 371 g/mol. The highest BCUT2D eigenvalue weighted by Gasteiger charge is 2.19. The Hall–Kier alpha value is -2.48. The molecule has 0 saturated heterocycles. The Morgan fingerprint density at radius 1 is 1.08 bits per heavy atom. The molecule has 3 aromatic rings. The highest BCUT2D eigenvalue weighted by atomic mass is 32.2. The van der Waals surface area contributed by atoms with Crippen LogP contribution in [0, 0.1) is 0 Å². The molecule has 1 aromatic heterocycles. The molecule has 0 atom stereocenters. The van der Waals surface area contributed by atoms with Crippen LogP contribution in [0.3, 0.4) is 0 Å². The van der Waals surface area contributed by atoms with Crippen molar-refractivity contribution < 1.29 is 13.2 Å². The van der Waals surface area contributed by atoms with Gasteiger partial charge in [0.2, 0.25) is 0 Å². The molecule has 0 bridgehead atoms. The third-order valence-corrected chi connectivity index (χ3v) is 5.61. The van der Waals surface area contributed by atoms with Crippen molar-refractivity contribution in [3.8, 4) is 5.75 Å². The maximum absolute atomic E-state index is 12.5. The summed E-state index contributed by atoms with van der Waals surface area (Å²) in [6, 6.07) is 16.8. The highest BCUT2D eigenvalue weighted by Crippen LogP contribution is 2.27. The largest absolute Gasteiger partial charge is 0.494 e. The number of benzene rings is 2. The minimum absolute atomic E-state index is 0.232. The van der Waals surface area contributed by atoms with Gasteiger partial charge in [-0.05, 0) is 23.3 Å². The van der Waals surface area contributed by atoms with E-state index in [9.17, 15) is 8.42 Å². The van der Waals surface area contributed by atoms with Gasteiger partial charge in [-0.15, -0.1) is 0 Å². The highest BCUT2D eigenvalue weighted by molar-refractivity contribution is 7.87. The number of ether oxygens (including phenoxy) is 1. The van der Waals surface area contributed by atoms with Crippen LogP contribution in [0.2, 0.25) is 0 Å². The fourth-order valence-electron chi connectivity index (χ4n) is 2.71. The van der Waals surface area contributed by atoms with Gasteiger partial charge in [0.1, 0.15) is 11.3 Å². The van der Waals surface area contributed by atoms with Crippen molar-refractivity contribution in [3.63, 3.8) is 0 Å². The van der Waals surface area contributed by atoms with Crippen LogP contribution in [0.5, 0.6) is 5.75 Å². The van der Waals surface area contributed by atoms with E-state index in [1.165, 1.54) is 4.31 Å². The molecule has 3 rings (SSSR count). The molecule has 1 N–H and O–H groups in total. The first-order chi connectivity index (χ1) is 12.5. The van der Waals surface area contributed by atoms with Gasteiger partial charge in [0.15, 0.2) is 0 Å². The van der Waals surface area contributed by atoms with Crippen LogP contribution in [0.15, 0.2) is 60.8 Å². The average Bonchev–Trinajstić information content (AvgIpc) is 2.67. The lowest BCUT2D eigenvalue weighted by Gasteiger charge is -2.19. The quantitative estimate of drug-likeness (QED) is 0.693. The SMILES string of the molecule is COc1ccc(CN(C)S(=O)(=O)NCc2ccccc2)c2cccnc12. The molecular formula is C19H21N3O3S. The number of nitrogens with zero attached hydrogens (tertiary/aromatic N) is 2. The van der Waals surface area contributed by atoms with Gasteiger partial charge in [-0.1, -0.05) is 42.5 Å². The second kappa shape index (κ2) is 7.82. The summed E-state index contributed by atoms with van der Waals surface area (Å²) in [6.07, 6.45) is 1.69. The van der Waals surface area contributed by atoms with E-state index in [-0.39, 0.29) is 13.1 Å². The van der Waals surface area contributed by atoms with E-state index in [1.54, 1.807) is 20.4 Å². The number of hydrogen-bond donors (Lipinski definition) is 1. The van der Waals surface area contributed by atoms with Gasteiger partial charge in [0.25, 0.3) is 10.2 Å². The minimum atomic E-state index is -3.61. The number of methoxy groups -OCH3 is 1. The molecule has 0 aliphatic carbocycles. The van der Waals surface area contributed by atoms with Gasteiger partial charge < -0.3 is 4.74 Å². The summed E-state index contributed by atoms with van der Waals surface area (Å²) in [5, 5.41) is 0.872. The summed E-state index contributed by atoms with van der Waals surface area (Å²) in [5.41, 5.74) is 2.49.